The lowest BCUT2D eigenvalue weighted by Gasteiger charge is -2.30. The molecule has 0 bridgehead atoms. The van der Waals surface area contributed by atoms with Gasteiger partial charge >= 0.3 is 5.97 Å². The van der Waals surface area contributed by atoms with Gasteiger partial charge in [0.25, 0.3) is 5.91 Å². The van der Waals surface area contributed by atoms with Crippen molar-refractivity contribution in [3.05, 3.63) is 63.8 Å². The Morgan fingerprint density at radius 1 is 1.19 bits per heavy atom. The molecule has 1 saturated heterocycles. The van der Waals surface area contributed by atoms with Crippen molar-refractivity contribution in [1.29, 1.82) is 0 Å². The van der Waals surface area contributed by atoms with Crippen LogP contribution in [0, 0.1) is 5.92 Å². The lowest BCUT2D eigenvalue weighted by atomic mass is 9.97. The minimum atomic E-state index is -0.178. The number of hydrogen-bond donors (Lipinski definition) is 0. The third-order valence-corrected chi connectivity index (χ3v) is 8.26. The molecule has 1 fully saturated rings. The van der Waals surface area contributed by atoms with E-state index in [-0.39, 0.29) is 17.8 Å². The largest absolute Gasteiger partial charge is 0.466 e. The number of ether oxygens (including phenoxy) is 1. The van der Waals surface area contributed by atoms with Crippen LogP contribution >= 0.6 is 34.7 Å². The number of carbonyl (C=O) groups is 2. The number of thiazole rings is 1. The molecular formula is C25H24ClN5O4S2. The number of aromatic nitrogens is 4. The van der Waals surface area contributed by atoms with Gasteiger partial charge in [-0.1, -0.05) is 35.5 Å². The number of thioether (sulfide) groups is 1. The number of hydrogen-bond acceptors (Lipinski definition) is 9. The fraction of sp³-hybridized carbons (Fsp3) is 0.320. The van der Waals surface area contributed by atoms with Gasteiger partial charge in [0.2, 0.25) is 5.82 Å². The fourth-order valence-electron chi connectivity index (χ4n) is 4.12. The molecular weight excluding hydrogens is 534 g/mol. The van der Waals surface area contributed by atoms with Crippen LogP contribution in [-0.4, -0.2) is 56.2 Å². The van der Waals surface area contributed by atoms with E-state index in [1.54, 1.807) is 29.5 Å². The van der Waals surface area contributed by atoms with Gasteiger partial charge in [-0.3, -0.25) is 14.2 Å². The second-order valence-electron chi connectivity index (χ2n) is 8.30. The second-order valence-corrected chi connectivity index (χ2v) is 10.6. The summed E-state index contributed by atoms with van der Waals surface area (Å²) in [4.78, 5) is 31.3. The summed E-state index contributed by atoms with van der Waals surface area (Å²) in [6, 6.07) is 11.1. The Bertz CT molecular complexity index is 1380. The van der Waals surface area contributed by atoms with Crippen molar-refractivity contribution in [3.8, 4) is 17.3 Å². The fourth-order valence-corrected chi connectivity index (χ4v) is 6.07. The van der Waals surface area contributed by atoms with Crippen LogP contribution in [0.3, 0.4) is 0 Å². The van der Waals surface area contributed by atoms with Crippen molar-refractivity contribution < 1.29 is 18.7 Å². The normalized spacial score (nSPS) is 14.2. The first kappa shape index (κ1) is 25.5. The maximum absolute atomic E-state index is 13.0. The molecule has 1 aliphatic rings. The highest BCUT2D eigenvalue weighted by atomic mass is 35.5. The molecule has 0 radical (unpaired) electrons. The van der Waals surface area contributed by atoms with E-state index < -0.39 is 0 Å². The molecule has 37 heavy (non-hydrogen) atoms. The number of piperidine rings is 1. The zero-order valence-corrected chi connectivity index (χ0v) is 22.4. The van der Waals surface area contributed by atoms with Crippen molar-refractivity contribution in [2.75, 3.05) is 19.7 Å². The summed E-state index contributed by atoms with van der Waals surface area (Å²) in [5.41, 5.74) is 1.16. The third-order valence-electron chi connectivity index (χ3n) is 5.97. The van der Waals surface area contributed by atoms with Crippen LogP contribution in [0.25, 0.3) is 17.3 Å². The highest BCUT2D eigenvalue weighted by Crippen LogP contribution is 2.33. The summed E-state index contributed by atoms with van der Waals surface area (Å²) in [6.07, 6.45) is 2.79. The molecule has 4 heterocycles. The first-order valence-electron chi connectivity index (χ1n) is 11.8. The molecule has 192 valence electrons. The molecule has 0 atom stereocenters. The first-order chi connectivity index (χ1) is 18.0. The molecule has 0 N–H and O–H groups in total. The molecule has 0 spiro atoms. The zero-order chi connectivity index (χ0) is 25.8. The van der Waals surface area contributed by atoms with E-state index in [1.165, 1.54) is 23.1 Å². The minimum Gasteiger partial charge on any atom is -0.466 e. The van der Waals surface area contributed by atoms with Gasteiger partial charge in [0, 0.05) is 18.5 Å². The van der Waals surface area contributed by atoms with Crippen LogP contribution in [0.2, 0.25) is 5.02 Å². The van der Waals surface area contributed by atoms with Gasteiger partial charge in [0.05, 0.1) is 35.3 Å². The van der Waals surface area contributed by atoms with Gasteiger partial charge in [-0.15, -0.1) is 21.5 Å². The Balaban J connectivity index is 1.27. The van der Waals surface area contributed by atoms with E-state index in [0.29, 0.717) is 65.7 Å². The van der Waals surface area contributed by atoms with Gasteiger partial charge < -0.3 is 14.1 Å². The summed E-state index contributed by atoms with van der Waals surface area (Å²) < 4.78 is 12.5. The van der Waals surface area contributed by atoms with Crippen molar-refractivity contribution in [2.24, 2.45) is 5.92 Å². The molecule has 1 aliphatic heterocycles. The Morgan fingerprint density at radius 3 is 2.73 bits per heavy atom. The lowest BCUT2D eigenvalue weighted by molar-refractivity contribution is -0.149. The average molecular weight is 558 g/mol. The molecule has 0 aliphatic carbocycles. The van der Waals surface area contributed by atoms with E-state index in [2.05, 4.69) is 15.2 Å². The Labute approximate surface area is 226 Å². The van der Waals surface area contributed by atoms with Crippen LogP contribution < -0.4 is 0 Å². The predicted octanol–water partition coefficient (Wildman–Crippen LogP) is 5.34. The number of nitrogens with zero attached hydrogens (tertiary/aromatic N) is 5. The summed E-state index contributed by atoms with van der Waals surface area (Å²) in [7, 11) is 0. The van der Waals surface area contributed by atoms with Crippen LogP contribution in [0.15, 0.2) is 57.6 Å². The second kappa shape index (κ2) is 11.5. The molecule has 1 amide bonds. The topological polar surface area (TPSA) is 103 Å². The van der Waals surface area contributed by atoms with Gasteiger partial charge in [-0.25, -0.2) is 4.98 Å². The number of amides is 1. The monoisotopic (exact) mass is 557 g/mol. The number of rotatable bonds is 8. The quantitative estimate of drug-likeness (QED) is 0.211. The maximum atomic E-state index is 13.0. The molecule has 9 nitrogen and oxygen atoms in total. The Morgan fingerprint density at radius 2 is 2.00 bits per heavy atom. The van der Waals surface area contributed by atoms with Gasteiger partial charge in [-0.05, 0) is 44.0 Å². The van der Waals surface area contributed by atoms with E-state index >= 15 is 0 Å². The van der Waals surface area contributed by atoms with Crippen LogP contribution in [0.4, 0.5) is 0 Å². The van der Waals surface area contributed by atoms with Crippen LogP contribution in [0.5, 0.6) is 0 Å². The smallest absolute Gasteiger partial charge is 0.309 e. The van der Waals surface area contributed by atoms with Gasteiger partial charge in [0.1, 0.15) is 10.7 Å². The Kier molecular flexibility index (Phi) is 7.92. The van der Waals surface area contributed by atoms with Gasteiger partial charge in [0.15, 0.2) is 10.9 Å². The molecule has 0 unspecified atom stereocenters. The highest BCUT2D eigenvalue weighted by Gasteiger charge is 2.29. The Hall–Kier alpha value is -3.15. The summed E-state index contributed by atoms with van der Waals surface area (Å²) >= 11 is 9.38. The predicted molar refractivity (Wildman–Crippen MR) is 141 cm³/mol. The maximum Gasteiger partial charge on any atom is 0.309 e. The van der Waals surface area contributed by atoms with Gasteiger partial charge in [-0.2, -0.15) is 0 Å². The zero-order valence-electron chi connectivity index (χ0n) is 20.0. The number of carbonyl (C=O) groups excluding carboxylic acids is 2. The van der Waals surface area contributed by atoms with Crippen LogP contribution in [-0.2, 0) is 15.3 Å². The molecule has 3 aromatic heterocycles. The van der Waals surface area contributed by atoms with Crippen molar-refractivity contribution in [3.63, 3.8) is 0 Å². The molecule has 0 saturated carbocycles. The SMILES string of the molecule is CCOC(=O)C1CCN(C(=O)c2csc(CSc3nnc(-c4ccco4)n3-c3ccccc3Cl)n2)CC1. The molecule has 1 aromatic carbocycles. The van der Waals surface area contributed by atoms with Crippen molar-refractivity contribution in [2.45, 2.75) is 30.7 Å². The summed E-state index contributed by atoms with van der Waals surface area (Å²) in [6.45, 7) is 3.20. The average Bonchev–Trinajstić information content (AvgIpc) is 3.69. The molecule has 12 heteroatoms. The summed E-state index contributed by atoms with van der Waals surface area (Å²) in [5, 5.41) is 12.5. The van der Waals surface area contributed by atoms with E-state index in [0.717, 1.165) is 10.7 Å². The van der Waals surface area contributed by atoms with E-state index in [4.69, 9.17) is 20.8 Å². The number of esters is 1. The molecule has 5 rings (SSSR count). The standard InChI is InChI=1S/C25H24ClN5O4S2/c1-2-34-24(33)16-9-11-30(12-10-16)23(32)18-14-36-21(27-18)15-37-25-29-28-22(20-8-5-13-35-20)31(25)19-7-4-3-6-17(19)26/h3-8,13-14,16H,2,9-12,15H2,1H3. The highest BCUT2D eigenvalue weighted by molar-refractivity contribution is 7.98. The first-order valence-corrected chi connectivity index (χ1v) is 14.1. The van der Waals surface area contributed by atoms with E-state index in [9.17, 15) is 9.59 Å². The minimum absolute atomic E-state index is 0.117. The van der Waals surface area contributed by atoms with Crippen molar-refractivity contribution in [1.82, 2.24) is 24.6 Å². The number of likely N-dealkylation sites (tertiary alicyclic amines) is 1. The van der Waals surface area contributed by atoms with Crippen molar-refractivity contribution >= 4 is 46.6 Å². The summed E-state index contributed by atoms with van der Waals surface area (Å²) in [5.74, 6) is 1.18. The van der Waals surface area contributed by atoms with E-state index in [1.807, 2.05) is 34.9 Å². The number of para-hydroxylation sites is 1. The molecule has 4 aromatic rings. The lowest BCUT2D eigenvalue weighted by Crippen LogP contribution is -2.40. The van der Waals surface area contributed by atoms with Crippen LogP contribution in [0.1, 0.15) is 35.3 Å². The number of halogens is 1. The number of furan rings is 1. The third kappa shape index (κ3) is 5.58. The number of benzene rings is 1.